The Balaban J connectivity index is 1.59. The maximum atomic E-state index is 12.2. The number of benzene rings is 1. The fraction of sp³-hybridized carbons (Fsp3) is 0.562. The van der Waals surface area contributed by atoms with Gasteiger partial charge in [0.15, 0.2) is 0 Å². The van der Waals surface area contributed by atoms with Gasteiger partial charge < -0.3 is 5.32 Å². The van der Waals surface area contributed by atoms with Gasteiger partial charge in [0, 0.05) is 11.3 Å². The number of amides is 1. The molecule has 0 radical (unpaired) electrons. The number of hydrogen-bond acceptors (Lipinski definition) is 2. The summed E-state index contributed by atoms with van der Waals surface area (Å²) in [5.41, 5.74) is 0.961. The van der Waals surface area contributed by atoms with Crippen molar-refractivity contribution >= 4 is 23.4 Å². The summed E-state index contributed by atoms with van der Waals surface area (Å²) in [6, 6.07) is 8.03. The number of carbonyl (C=O) groups excluding carboxylic acids is 1. The van der Waals surface area contributed by atoms with Gasteiger partial charge in [-0.15, -0.1) is 11.8 Å². The zero-order chi connectivity index (χ0) is 13.2. The molecular weight excluding hydrogens is 254 g/mol. The first-order valence-electron chi connectivity index (χ1n) is 7.19. The molecule has 3 rings (SSSR count). The van der Waals surface area contributed by atoms with Crippen molar-refractivity contribution in [3.63, 3.8) is 0 Å². The number of para-hydroxylation sites is 1. The van der Waals surface area contributed by atoms with Crippen LogP contribution in [0.4, 0.5) is 5.69 Å². The van der Waals surface area contributed by atoms with Gasteiger partial charge in [-0.3, -0.25) is 4.79 Å². The second kappa shape index (κ2) is 5.58. The Hall–Kier alpha value is -0.960. The van der Waals surface area contributed by atoms with Crippen LogP contribution in [0.25, 0.3) is 0 Å². The zero-order valence-corrected chi connectivity index (χ0v) is 12.2. The lowest BCUT2D eigenvalue weighted by molar-refractivity contribution is -0.117. The number of carbonyl (C=O) groups is 1. The molecule has 1 amide bonds. The van der Waals surface area contributed by atoms with Crippen LogP contribution in [0.5, 0.6) is 0 Å². The summed E-state index contributed by atoms with van der Waals surface area (Å²) in [7, 11) is 0. The van der Waals surface area contributed by atoms with Gasteiger partial charge in [0.2, 0.25) is 5.91 Å². The van der Waals surface area contributed by atoms with E-state index in [1.165, 1.54) is 25.7 Å². The van der Waals surface area contributed by atoms with E-state index in [0.717, 1.165) is 22.4 Å². The Morgan fingerprint density at radius 2 is 2.16 bits per heavy atom. The lowest BCUT2D eigenvalue weighted by Crippen LogP contribution is -2.20. The minimum absolute atomic E-state index is 0.194. The minimum atomic E-state index is 0.194. The third kappa shape index (κ3) is 2.81. The van der Waals surface area contributed by atoms with Gasteiger partial charge in [0.05, 0.1) is 5.69 Å². The van der Waals surface area contributed by atoms with Crippen LogP contribution in [0.15, 0.2) is 29.2 Å². The third-order valence-electron chi connectivity index (χ3n) is 4.71. The molecule has 0 aromatic heterocycles. The molecule has 1 aromatic rings. The van der Waals surface area contributed by atoms with Gasteiger partial charge in [-0.25, -0.2) is 0 Å². The first-order chi connectivity index (χ1) is 9.26. The topological polar surface area (TPSA) is 29.1 Å². The molecular formula is C16H21NOS. The van der Waals surface area contributed by atoms with E-state index in [9.17, 15) is 4.79 Å². The van der Waals surface area contributed by atoms with E-state index >= 15 is 0 Å². The van der Waals surface area contributed by atoms with Gasteiger partial charge in [0.25, 0.3) is 0 Å². The molecule has 0 aliphatic heterocycles. The first kappa shape index (κ1) is 13.0. The predicted octanol–water partition coefficient (Wildman–Crippen LogP) is 4.17. The molecule has 3 heteroatoms. The number of anilines is 1. The van der Waals surface area contributed by atoms with E-state index in [1.54, 1.807) is 11.8 Å². The lowest BCUT2D eigenvalue weighted by Gasteiger charge is -2.21. The molecule has 102 valence electrons. The molecule has 1 N–H and O–H groups in total. The molecule has 0 heterocycles. The van der Waals surface area contributed by atoms with Crippen molar-refractivity contribution in [2.24, 2.45) is 17.8 Å². The summed E-state index contributed by atoms with van der Waals surface area (Å²) in [4.78, 5) is 13.3. The average molecular weight is 275 g/mol. The molecule has 2 nitrogen and oxygen atoms in total. The van der Waals surface area contributed by atoms with Gasteiger partial charge in [0.1, 0.15) is 0 Å². The van der Waals surface area contributed by atoms with Crippen molar-refractivity contribution in [2.45, 2.75) is 37.0 Å². The van der Waals surface area contributed by atoms with Crippen molar-refractivity contribution in [1.82, 2.24) is 0 Å². The van der Waals surface area contributed by atoms with Gasteiger partial charge in [-0.1, -0.05) is 18.6 Å². The van der Waals surface area contributed by atoms with E-state index in [1.807, 2.05) is 24.5 Å². The highest BCUT2D eigenvalue weighted by molar-refractivity contribution is 7.98. The molecule has 19 heavy (non-hydrogen) atoms. The van der Waals surface area contributed by atoms with Crippen LogP contribution in [-0.2, 0) is 4.79 Å². The summed E-state index contributed by atoms with van der Waals surface area (Å²) in [6.07, 6.45) is 8.16. The number of rotatable bonds is 4. The standard InChI is InChI=1S/C16H21NOS/c1-19-15-5-3-2-4-14(15)17-16(18)10-13-9-11-6-7-12(13)8-11/h2-5,11-13H,6-10H2,1H3,(H,17,18). The largest absolute Gasteiger partial charge is 0.325 e. The number of fused-ring (bicyclic) bond motifs is 2. The van der Waals surface area contributed by atoms with Crippen LogP contribution in [0, 0.1) is 17.8 Å². The molecule has 2 aliphatic carbocycles. The number of nitrogens with one attached hydrogen (secondary N) is 1. The van der Waals surface area contributed by atoms with E-state index in [0.29, 0.717) is 12.3 Å². The van der Waals surface area contributed by atoms with E-state index in [2.05, 4.69) is 11.4 Å². The Morgan fingerprint density at radius 1 is 1.32 bits per heavy atom. The number of hydrogen-bond donors (Lipinski definition) is 1. The molecule has 0 saturated heterocycles. The second-order valence-corrected chi connectivity index (χ2v) is 6.74. The van der Waals surface area contributed by atoms with E-state index < -0.39 is 0 Å². The highest BCUT2D eigenvalue weighted by Gasteiger charge is 2.40. The molecule has 2 aliphatic rings. The highest BCUT2D eigenvalue weighted by Crippen LogP contribution is 2.49. The monoisotopic (exact) mass is 275 g/mol. The van der Waals surface area contributed by atoms with Crippen LogP contribution in [0.1, 0.15) is 32.1 Å². The molecule has 3 unspecified atom stereocenters. The first-order valence-corrected chi connectivity index (χ1v) is 8.41. The van der Waals surface area contributed by atoms with Crippen molar-refractivity contribution < 1.29 is 4.79 Å². The van der Waals surface area contributed by atoms with Gasteiger partial charge in [-0.2, -0.15) is 0 Å². The SMILES string of the molecule is CSc1ccccc1NC(=O)CC1CC2CCC1C2. The summed E-state index contributed by atoms with van der Waals surface area (Å²) < 4.78 is 0. The normalized spacial score (nSPS) is 28.6. The van der Waals surface area contributed by atoms with E-state index in [4.69, 9.17) is 0 Å². The van der Waals surface area contributed by atoms with Crippen molar-refractivity contribution in [1.29, 1.82) is 0 Å². The quantitative estimate of drug-likeness (QED) is 0.835. The molecule has 2 fully saturated rings. The van der Waals surface area contributed by atoms with Crippen molar-refractivity contribution in [3.05, 3.63) is 24.3 Å². The highest BCUT2D eigenvalue weighted by atomic mass is 32.2. The fourth-order valence-corrected chi connectivity index (χ4v) is 4.37. The lowest BCUT2D eigenvalue weighted by atomic mass is 9.86. The fourth-order valence-electron chi connectivity index (χ4n) is 3.81. The predicted molar refractivity (Wildman–Crippen MR) is 80.4 cm³/mol. The van der Waals surface area contributed by atoms with Crippen molar-refractivity contribution in [2.75, 3.05) is 11.6 Å². The Bertz CT molecular complexity index is 474. The smallest absolute Gasteiger partial charge is 0.224 e. The maximum Gasteiger partial charge on any atom is 0.224 e. The van der Waals surface area contributed by atoms with Crippen LogP contribution in [0.2, 0.25) is 0 Å². The van der Waals surface area contributed by atoms with Crippen LogP contribution in [0.3, 0.4) is 0 Å². The third-order valence-corrected chi connectivity index (χ3v) is 5.51. The van der Waals surface area contributed by atoms with Gasteiger partial charge >= 0.3 is 0 Å². The van der Waals surface area contributed by atoms with Crippen LogP contribution < -0.4 is 5.32 Å². The summed E-state index contributed by atoms with van der Waals surface area (Å²) in [5, 5.41) is 3.09. The van der Waals surface area contributed by atoms with Crippen LogP contribution >= 0.6 is 11.8 Å². The maximum absolute atomic E-state index is 12.2. The van der Waals surface area contributed by atoms with Gasteiger partial charge in [-0.05, 0) is 55.4 Å². The molecule has 0 spiro atoms. The Kier molecular flexibility index (Phi) is 3.83. The minimum Gasteiger partial charge on any atom is -0.325 e. The summed E-state index contributed by atoms with van der Waals surface area (Å²) in [6.45, 7) is 0. The second-order valence-electron chi connectivity index (χ2n) is 5.89. The summed E-state index contributed by atoms with van der Waals surface area (Å²) >= 11 is 1.68. The molecule has 2 saturated carbocycles. The van der Waals surface area contributed by atoms with Crippen molar-refractivity contribution in [3.8, 4) is 0 Å². The summed E-state index contributed by atoms with van der Waals surface area (Å²) in [5.74, 6) is 2.58. The average Bonchev–Trinajstić information content (AvgIpc) is 3.01. The Labute approximate surface area is 119 Å². The number of thioether (sulfide) groups is 1. The zero-order valence-electron chi connectivity index (χ0n) is 11.4. The van der Waals surface area contributed by atoms with Crippen LogP contribution in [-0.4, -0.2) is 12.2 Å². The molecule has 2 bridgehead atoms. The molecule has 3 atom stereocenters. The Morgan fingerprint density at radius 3 is 2.84 bits per heavy atom. The van der Waals surface area contributed by atoms with E-state index in [-0.39, 0.29) is 5.91 Å². The molecule has 1 aromatic carbocycles.